The van der Waals surface area contributed by atoms with Gasteiger partial charge in [-0.05, 0) is 36.6 Å². The highest BCUT2D eigenvalue weighted by atomic mass is 32.2. The zero-order valence-electron chi connectivity index (χ0n) is 14.5. The van der Waals surface area contributed by atoms with Gasteiger partial charge in [-0.2, -0.15) is 13.2 Å². The Kier molecular flexibility index (Phi) is 6.92. The Morgan fingerprint density at radius 3 is 2.50 bits per heavy atom. The lowest BCUT2D eigenvalue weighted by molar-refractivity contribution is -0.139. The van der Waals surface area contributed by atoms with Gasteiger partial charge < -0.3 is 4.74 Å². The molecule has 1 aliphatic rings. The predicted octanol–water partition coefficient (Wildman–Crippen LogP) is 5.52. The molecule has 0 spiro atoms. The van der Waals surface area contributed by atoms with Crippen LogP contribution in [-0.4, -0.2) is 18.5 Å². The van der Waals surface area contributed by atoms with Crippen LogP contribution >= 0.6 is 11.8 Å². The minimum atomic E-state index is -4.58. The molecule has 2 rings (SSSR count). The summed E-state index contributed by atoms with van der Waals surface area (Å²) in [6.07, 6.45) is 2.28. The van der Waals surface area contributed by atoms with Crippen LogP contribution in [0.1, 0.15) is 50.2 Å². The molecule has 7 heteroatoms. The van der Waals surface area contributed by atoms with E-state index in [9.17, 15) is 22.8 Å². The van der Waals surface area contributed by atoms with Gasteiger partial charge in [0.2, 0.25) is 0 Å². The van der Waals surface area contributed by atoms with E-state index in [4.69, 9.17) is 4.74 Å². The van der Waals surface area contributed by atoms with Crippen LogP contribution in [0.5, 0.6) is 5.75 Å². The third-order valence-corrected chi connectivity index (χ3v) is 5.14. The molecule has 0 atom stereocenters. The van der Waals surface area contributed by atoms with Crippen molar-refractivity contribution in [3.05, 3.63) is 34.2 Å². The number of carbonyl (C=O) groups excluding carboxylic acids is 2. The maximum absolute atomic E-state index is 13.4. The lowest BCUT2D eigenvalue weighted by Gasteiger charge is -2.33. The van der Waals surface area contributed by atoms with Crippen molar-refractivity contribution in [2.75, 3.05) is 6.61 Å². The molecule has 3 nitrogen and oxygen atoms in total. The molecule has 0 N–H and O–H groups in total. The Bertz CT molecular complexity index is 677. The maximum atomic E-state index is 13.4. The molecular formula is C19H21F3O3S. The summed E-state index contributed by atoms with van der Waals surface area (Å²) in [7, 11) is 0. The number of rotatable bonds is 7. The number of halogens is 3. The molecule has 0 amide bonds. The van der Waals surface area contributed by atoms with E-state index < -0.39 is 11.7 Å². The standard InChI is InChI=1S/C19H21F3O3S/c1-18(7-3-2-4-8-18)12-25-17-6-5-14(9-15(11-23)26-13-24)10-16(17)19(20,21)22/h5-6,9-11,13H,2-4,7-8,12H2,1H3/b15-9-. The summed E-state index contributed by atoms with van der Waals surface area (Å²) in [6.45, 7) is 2.29. The average molecular weight is 386 g/mol. The van der Waals surface area contributed by atoms with E-state index in [0.717, 1.165) is 38.2 Å². The van der Waals surface area contributed by atoms with E-state index in [-0.39, 0.29) is 28.2 Å². The molecule has 26 heavy (non-hydrogen) atoms. The van der Waals surface area contributed by atoms with E-state index in [1.807, 2.05) is 6.92 Å². The number of allylic oxidation sites excluding steroid dienone is 1. The molecule has 142 valence electrons. The van der Waals surface area contributed by atoms with Crippen LogP contribution in [0.15, 0.2) is 23.1 Å². The van der Waals surface area contributed by atoms with Gasteiger partial charge in [0.1, 0.15) is 5.75 Å². The van der Waals surface area contributed by atoms with Crippen LogP contribution in [0, 0.1) is 5.41 Å². The number of hydrogen-bond acceptors (Lipinski definition) is 4. The molecule has 0 saturated heterocycles. The Morgan fingerprint density at radius 2 is 1.92 bits per heavy atom. The fraction of sp³-hybridized carbons (Fsp3) is 0.474. The van der Waals surface area contributed by atoms with Gasteiger partial charge in [-0.1, -0.05) is 44.0 Å². The predicted molar refractivity (Wildman–Crippen MR) is 96.5 cm³/mol. The summed E-state index contributed by atoms with van der Waals surface area (Å²) in [4.78, 5) is 21.4. The summed E-state index contributed by atoms with van der Waals surface area (Å²) in [5.74, 6) is -0.211. The lowest BCUT2D eigenvalue weighted by atomic mass is 9.76. The van der Waals surface area contributed by atoms with Crippen molar-refractivity contribution in [1.29, 1.82) is 0 Å². The van der Waals surface area contributed by atoms with Crippen LogP contribution < -0.4 is 4.74 Å². The second-order valence-corrected chi connectivity index (χ2v) is 7.69. The smallest absolute Gasteiger partial charge is 0.419 e. The highest BCUT2D eigenvalue weighted by molar-refractivity contribution is 8.16. The van der Waals surface area contributed by atoms with Crippen LogP contribution in [-0.2, 0) is 15.8 Å². The Morgan fingerprint density at radius 1 is 1.23 bits per heavy atom. The summed E-state index contributed by atoms with van der Waals surface area (Å²) in [6, 6.07) is 3.66. The minimum absolute atomic E-state index is 0.0384. The molecule has 0 aromatic heterocycles. The molecule has 0 heterocycles. The van der Waals surface area contributed by atoms with Crippen molar-refractivity contribution in [2.24, 2.45) is 5.41 Å². The number of benzene rings is 1. The second kappa shape index (κ2) is 8.75. The summed E-state index contributed by atoms with van der Waals surface area (Å²) in [5.41, 5.74) is -0.352. The summed E-state index contributed by atoms with van der Waals surface area (Å²) in [5, 5.41) is 0. The first-order chi connectivity index (χ1) is 12.3. The van der Waals surface area contributed by atoms with Gasteiger partial charge in [-0.3, -0.25) is 9.59 Å². The topological polar surface area (TPSA) is 43.4 Å². The quantitative estimate of drug-likeness (QED) is 0.457. The maximum Gasteiger partial charge on any atom is 0.419 e. The van der Waals surface area contributed by atoms with Crippen LogP contribution in [0.4, 0.5) is 13.2 Å². The highest BCUT2D eigenvalue weighted by Gasteiger charge is 2.35. The third kappa shape index (κ3) is 5.62. The zero-order valence-corrected chi connectivity index (χ0v) is 15.3. The molecule has 0 bridgehead atoms. The highest BCUT2D eigenvalue weighted by Crippen LogP contribution is 2.40. The average Bonchev–Trinajstić information content (AvgIpc) is 2.60. The van der Waals surface area contributed by atoms with Crippen molar-refractivity contribution >= 4 is 29.7 Å². The first-order valence-corrected chi connectivity index (χ1v) is 9.27. The van der Waals surface area contributed by atoms with E-state index in [2.05, 4.69) is 0 Å². The van der Waals surface area contributed by atoms with Gasteiger partial charge in [-0.15, -0.1) is 0 Å². The molecule has 1 aromatic rings. The van der Waals surface area contributed by atoms with Gasteiger partial charge in [0.05, 0.1) is 17.1 Å². The third-order valence-electron chi connectivity index (χ3n) is 4.56. The number of hydrogen-bond donors (Lipinski definition) is 0. The van der Waals surface area contributed by atoms with Gasteiger partial charge in [0.15, 0.2) is 11.9 Å². The van der Waals surface area contributed by atoms with E-state index in [0.29, 0.717) is 23.7 Å². The first kappa shape index (κ1) is 20.6. The summed E-state index contributed by atoms with van der Waals surface area (Å²) >= 11 is 0.617. The molecule has 1 saturated carbocycles. The zero-order chi connectivity index (χ0) is 19.2. The second-order valence-electron chi connectivity index (χ2n) is 6.79. The Labute approximate surface area is 155 Å². The number of aldehydes is 1. The van der Waals surface area contributed by atoms with Crippen molar-refractivity contribution in [1.82, 2.24) is 0 Å². The molecule has 1 aromatic carbocycles. The molecule has 1 aliphatic carbocycles. The Hall–Kier alpha value is -1.76. The normalized spacial score (nSPS) is 17.6. The van der Waals surface area contributed by atoms with Gasteiger partial charge in [-0.25, -0.2) is 0 Å². The van der Waals surface area contributed by atoms with E-state index in [1.54, 1.807) is 0 Å². The van der Waals surface area contributed by atoms with Crippen molar-refractivity contribution in [3.8, 4) is 5.75 Å². The van der Waals surface area contributed by atoms with Crippen LogP contribution in [0.25, 0.3) is 6.08 Å². The monoisotopic (exact) mass is 386 g/mol. The molecular weight excluding hydrogens is 365 g/mol. The van der Waals surface area contributed by atoms with Crippen LogP contribution in [0.3, 0.4) is 0 Å². The van der Waals surface area contributed by atoms with Gasteiger partial charge in [0, 0.05) is 5.41 Å². The van der Waals surface area contributed by atoms with Crippen LogP contribution in [0.2, 0.25) is 0 Å². The molecule has 0 radical (unpaired) electrons. The number of alkyl halides is 3. The van der Waals surface area contributed by atoms with E-state index >= 15 is 0 Å². The van der Waals surface area contributed by atoms with E-state index in [1.165, 1.54) is 18.2 Å². The molecule has 0 aliphatic heterocycles. The Balaban J connectivity index is 2.26. The number of carbonyl (C=O) groups is 2. The lowest BCUT2D eigenvalue weighted by Crippen LogP contribution is -2.28. The van der Waals surface area contributed by atoms with Gasteiger partial charge in [0.25, 0.3) is 0 Å². The summed E-state index contributed by atoms with van der Waals surface area (Å²) < 4.78 is 45.8. The van der Waals surface area contributed by atoms with Gasteiger partial charge >= 0.3 is 6.18 Å². The number of thioether (sulfide) groups is 1. The van der Waals surface area contributed by atoms with Crippen molar-refractivity contribution in [2.45, 2.75) is 45.2 Å². The minimum Gasteiger partial charge on any atom is -0.492 e. The largest absolute Gasteiger partial charge is 0.492 e. The molecule has 0 unspecified atom stereocenters. The first-order valence-electron chi connectivity index (χ1n) is 8.39. The molecule has 1 fully saturated rings. The SMILES string of the molecule is CC1(COc2ccc(/C=C(/C=O)SC=O)cc2C(F)(F)F)CCCCC1. The fourth-order valence-corrected chi connectivity index (χ4v) is 3.47. The van der Waals surface area contributed by atoms with Crippen molar-refractivity contribution in [3.63, 3.8) is 0 Å². The number of ether oxygens (including phenoxy) is 1. The fourth-order valence-electron chi connectivity index (χ4n) is 3.10. The van der Waals surface area contributed by atoms with Crippen molar-refractivity contribution < 1.29 is 27.5 Å².